The van der Waals surface area contributed by atoms with Gasteiger partial charge in [-0.2, -0.15) is 11.8 Å². The first-order chi connectivity index (χ1) is 12.1. The maximum absolute atomic E-state index is 5.70. The van der Waals surface area contributed by atoms with E-state index in [-0.39, 0.29) is 24.0 Å². The topological polar surface area (TPSA) is 54.9 Å². The average Bonchev–Trinajstić information content (AvgIpc) is 3.07. The monoisotopic (exact) mass is 493 g/mol. The maximum atomic E-state index is 5.70. The van der Waals surface area contributed by atoms with Gasteiger partial charge in [-0.15, -0.1) is 24.0 Å². The molecule has 1 saturated heterocycles. The minimum absolute atomic E-state index is 0. The summed E-state index contributed by atoms with van der Waals surface area (Å²) in [4.78, 5) is 4.33. The van der Waals surface area contributed by atoms with Crippen LogP contribution in [0.5, 0.6) is 11.5 Å². The summed E-state index contributed by atoms with van der Waals surface area (Å²) in [5.74, 6) is 3.66. The number of halogens is 1. The van der Waals surface area contributed by atoms with Crippen LogP contribution in [0.1, 0.15) is 38.7 Å². The highest BCUT2D eigenvalue weighted by Crippen LogP contribution is 2.36. The molecule has 0 amide bonds. The molecule has 1 aromatic rings. The van der Waals surface area contributed by atoms with Crippen molar-refractivity contribution < 1.29 is 9.47 Å². The fourth-order valence-electron chi connectivity index (χ4n) is 2.81. The van der Waals surface area contributed by atoms with Crippen LogP contribution in [0.4, 0.5) is 0 Å². The number of benzene rings is 1. The van der Waals surface area contributed by atoms with Crippen LogP contribution >= 0.6 is 35.7 Å². The van der Waals surface area contributed by atoms with Crippen LogP contribution in [-0.2, 0) is 6.54 Å². The highest BCUT2D eigenvalue weighted by atomic mass is 127. The highest BCUT2D eigenvalue weighted by molar-refractivity contribution is 14.0. The van der Waals surface area contributed by atoms with E-state index in [1.807, 2.05) is 30.9 Å². The summed E-state index contributed by atoms with van der Waals surface area (Å²) < 4.78 is 11.5. The van der Waals surface area contributed by atoms with Crippen molar-refractivity contribution in [2.75, 3.05) is 33.1 Å². The van der Waals surface area contributed by atoms with E-state index in [1.54, 1.807) is 7.11 Å². The Morgan fingerprint density at radius 1 is 1.31 bits per heavy atom. The Hall–Kier alpha value is -0.830. The lowest BCUT2D eigenvalue weighted by Crippen LogP contribution is -2.43. The Kier molecular flexibility index (Phi) is 10.5. The van der Waals surface area contributed by atoms with E-state index in [9.17, 15) is 0 Å². The van der Waals surface area contributed by atoms with E-state index in [0.717, 1.165) is 36.0 Å². The van der Waals surface area contributed by atoms with Crippen LogP contribution in [0.3, 0.4) is 0 Å². The maximum Gasteiger partial charge on any atom is 0.191 e. The fraction of sp³-hybridized carbons (Fsp3) is 0.632. The zero-order valence-corrected chi connectivity index (χ0v) is 19.4. The SMILES string of the molecule is CCCOc1ccc(CNC(=NC)NCC2(C)CCCS2)cc1OC.I. The van der Waals surface area contributed by atoms with Crippen molar-refractivity contribution in [3.63, 3.8) is 0 Å². The first kappa shape index (κ1) is 23.2. The van der Waals surface area contributed by atoms with Crippen molar-refractivity contribution in [2.24, 2.45) is 4.99 Å². The molecule has 0 radical (unpaired) electrons. The van der Waals surface area contributed by atoms with Gasteiger partial charge in [0.2, 0.25) is 0 Å². The second kappa shape index (κ2) is 11.8. The summed E-state index contributed by atoms with van der Waals surface area (Å²) in [7, 11) is 3.48. The smallest absolute Gasteiger partial charge is 0.191 e. The average molecular weight is 493 g/mol. The normalized spacial score (nSPS) is 19.6. The van der Waals surface area contributed by atoms with Gasteiger partial charge in [-0.25, -0.2) is 0 Å². The van der Waals surface area contributed by atoms with Gasteiger partial charge in [0.25, 0.3) is 0 Å². The van der Waals surface area contributed by atoms with Crippen LogP contribution in [0.2, 0.25) is 0 Å². The molecule has 0 aromatic heterocycles. The molecule has 26 heavy (non-hydrogen) atoms. The van der Waals surface area contributed by atoms with Crippen molar-refractivity contribution in [1.82, 2.24) is 10.6 Å². The van der Waals surface area contributed by atoms with Gasteiger partial charge in [-0.05, 0) is 49.6 Å². The van der Waals surface area contributed by atoms with Crippen molar-refractivity contribution in [3.8, 4) is 11.5 Å². The van der Waals surface area contributed by atoms with Crippen LogP contribution in [0, 0.1) is 0 Å². The molecule has 1 fully saturated rings. The third-order valence-electron chi connectivity index (χ3n) is 4.30. The number of guanidine groups is 1. The Balaban J connectivity index is 0.00000338. The minimum Gasteiger partial charge on any atom is -0.493 e. The third kappa shape index (κ3) is 7.06. The lowest BCUT2D eigenvalue weighted by Gasteiger charge is -2.24. The van der Waals surface area contributed by atoms with E-state index in [4.69, 9.17) is 9.47 Å². The lowest BCUT2D eigenvalue weighted by molar-refractivity contribution is 0.294. The van der Waals surface area contributed by atoms with E-state index >= 15 is 0 Å². The van der Waals surface area contributed by atoms with Crippen LogP contribution in [-0.4, -0.2) is 43.8 Å². The molecule has 148 valence electrons. The fourth-order valence-corrected chi connectivity index (χ4v) is 4.05. The Bertz CT molecular complexity index is 578. The van der Waals surface area contributed by atoms with Crippen molar-refractivity contribution in [2.45, 2.75) is 44.4 Å². The second-order valence-corrected chi connectivity index (χ2v) is 8.20. The van der Waals surface area contributed by atoms with Gasteiger partial charge in [0, 0.05) is 24.9 Å². The Morgan fingerprint density at radius 2 is 2.12 bits per heavy atom. The molecule has 1 aromatic carbocycles. The van der Waals surface area contributed by atoms with Gasteiger partial charge in [-0.1, -0.05) is 13.0 Å². The van der Waals surface area contributed by atoms with Gasteiger partial charge < -0.3 is 20.1 Å². The van der Waals surface area contributed by atoms with Gasteiger partial charge in [0.1, 0.15) is 0 Å². The molecule has 0 bridgehead atoms. The largest absolute Gasteiger partial charge is 0.493 e. The van der Waals surface area contributed by atoms with Crippen molar-refractivity contribution >= 4 is 41.7 Å². The van der Waals surface area contributed by atoms with Gasteiger partial charge in [0.15, 0.2) is 17.5 Å². The number of aliphatic imine (C=N–C) groups is 1. The summed E-state index contributed by atoms with van der Waals surface area (Å²) >= 11 is 2.05. The second-order valence-electron chi connectivity index (χ2n) is 6.51. The number of hydrogen-bond acceptors (Lipinski definition) is 4. The number of nitrogens with one attached hydrogen (secondary N) is 2. The van der Waals surface area contributed by atoms with Crippen LogP contribution in [0.15, 0.2) is 23.2 Å². The zero-order valence-electron chi connectivity index (χ0n) is 16.3. The van der Waals surface area contributed by atoms with Crippen LogP contribution < -0.4 is 20.1 Å². The number of ether oxygens (including phenoxy) is 2. The standard InChI is InChI=1S/C19H31N3O2S.HI/c1-5-10-24-16-8-7-15(12-17(16)23-4)13-21-18(20-3)22-14-19(2)9-6-11-25-19;/h7-8,12H,5-6,9-11,13-14H2,1-4H3,(H2,20,21,22);1H. The highest BCUT2D eigenvalue weighted by Gasteiger charge is 2.29. The molecule has 1 unspecified atom stereocenters. The molecule has 0 spiro atoms. The molecule has 2 rings (SSSR count). The van der Waals surface area contributed by atoms with E-state index in [0.29, 0.717) is 17.9 Å². The summed E-state index contributed by atoms with van der Waals surface area (Å²) in [6, 6.07) is 6.04. The van der Waals surface area contributed by atoms with Crippen molar-refractivity contribution in [1.29, 1.82) is 0 Å². The number of thioether (sulfide) groups is 1. The first-order valence-electron chi connectivity index (χ1n) is 8.98. The zero-order chi connectivity index (χ0) is 18.1. The van der Waals surface area contributed by atoms with E-state index in [2.05, 4.69) is 35.5 Å². The third-order valence-corrected chi connectivity index (χ3v) is 5.84. The van der Waals surface area contributed by atoms with Gasteiger partial charge in [-0.3, -0.25) is 4.99 Å². The molecular weight excluding hydrogens is 461 g/mol. The molecule has 7 heteroatoms. The molecular formula is C19H32IN3O2S. The Morgan fingerprint density at radius 3 is 2.73 bits per heavy atom. The predicted octanol–water partition coefficient (Wildman–Crippen LogP) is 4.05. The summed E-state index contributed by atoms with van der Waals surface area (Å²) in [5.41, 5.74) is 1.13. The number of hydrogen-bond donors (Lipinski definition) is 2. The molecule has 2 N–H and O–H groups in total. The molecule has 1 heterocycles. The van der Waals surface area contributed by atoms with E-state index in [1.165, 1.54) is 18.6 Å². The number of nitrogens with zero attached hydrogens (tertiary/aromatic N) is 1. The minimum atomic E-state index is 0. The van der Waals surface area contributed by atoms with Crippen molar-refractivity contribution in [3.05, 3.63) is 23.8 Å². The van der Waals surface area contributed by atoms with Gasteiger partial charge >= 0.3 is 0 Å². The first-order valence-corrected chi connectivity index (χ1v) is 9.97. The number of methoxy groups -OCH3 is 1. The molecule has 5 nitrogen and oxygen atoms in total. The molecule has 0 aliphatic carbocycles. The predicted molar refractivity (Wildman–Crippen MR) is 122 cm³/mol. The number of rotatable bonds is 8. The van der Waals surface area contributed by atoms with Gasteiger partial charge in [0.05, 0.1) is 13.7 Å². The summed E-state index contributed by atoms with van der Waals surface area (Å²) in [5, 5.41) is 6.83. The Labute approximate surface area is 179 Å². The molecule has 0 saturated carbocycles. The summed E-state index contributed by atoms with van der Waals surface area (Å²) in [6.07, 6.45) is 3.55. The molecule has 1 aliphatic rings. The quantitative estimate of drug-likeness (QED) is 0.325. The summed E-state index contributed by atoms with van der Waals surface area (Å²) in [6.45, 7) is 6.73. The van der Waals surface area contributed by atoms with E-state index < -0.39 is 0 Å². The molecule has 1 aliphatic heterocycles. The lowest BCUT2D eigenvalue weighted by atomic mass is 10.1. The molecule has 1 atom stereocenters. The van der Waals surface area contributed by atoms with Crippen LogP contribution in [0.25, 0.3) is 0 Å².